The second-order valence-electron chi connectivity index (χ2n) is 3.94. The molecule has 0 N–H and O–H groups in total. The van der Waals surface area contributed by atoms with Gasteiger partial charge in [0.15, 0.2) is 11.5 Å². The van der Waals surface area contributed by atoms with E-state index in [2.05, 4.69) is 0 Å². The minimum atomic E-state index is 0.0510. The van der Waals surface area contributed by atoms with Gasteiger partial charge in [-0.2, -0.15) is 0 Å². The SMILES string of the molecule is COc1cc(Cl)c(C)c(C(C)CC=O)c1OC. The Morgan fingerprint density at radius 3 is 2.53 bits per heavy atom. The van der Waals surface area contributed by atoms with E-state index in [1.807, 2.05) is 13.8 Å². The molecule has 0 saturated heterocycles. The minimum absolute atomic E-state index is 0.0510. The molecule has 1 unspecified atom stereocenters. The monoisotopic (exact) mass is 256 g/mol. The summed E-state index contributed by atoms with van der Waals surface area (Å²) in [6.07, 6.45) is 1.33. The molecule has 0 aliphatic rings. The van der Waals surface area contributed by atoms with Crippen molar-refractivity contribution in [1.29, 1.82) is 0 Å². The van der Waals surface area contributed by atoms with Crippen molar-refractivity contribution in [2.24, 2.45) is 0 Å². The Morgan fingerprint density at radius 2 is 2.06 bits per heavy atom. The Kier molecular flexibility index (Phi) is 4.82. The molecule has 1 aromatic carbocycles. The third-order valence-corrected chi connectivity index (χ3v) is 3.25. The van der Waals surface area contributed by atoms with Gasteiger partial charge in [0, 0.05) is 23.1 Å². The maximum absolute atomic E-state index is 10.6. The van der Waals surface area contributed by atoms with Crippen molar-refractivity contribution in [3.63, 3.8) is 0 Å². The van der Waals surface area contributed by atoms with Crippen molar-refractivity contribution in [3.05, 3.63) is 22.2 Å². The van der Waals surface area contributed by atoms with E-state index in [0.717, 1.165) is 17.4 Å². The van der Waals surface area contributed by atoms with Gasteiger partial charge in [-0.05, 0) is 18.4 Å². The van der Waals surface area contributed by atoms with E-state index in [0.29, 0.717) is 22.9 Å². The molecule has 0 bridgehead atoms. The number of hydrogen-bond acceptors (Lipinski definition) is 3. The summed E-state index contributed by atoms with van der Waals surface area (Å²) in [5.74, 6) is 1.30. The van der Waals surface area contributed by atoms with Crippen LogP contribution in [0.4, 0.5) is 0 Å². The van der Waals surface area contributed by atoms with E-state index < -0.39 is 0 Å². The third kappa shape index (κ3) is 2.72. The maximum atomic E-state index is 10.6. The van der Waals surface area contributed by atoms with Gasteiger partial charge in [0.25, 0.3) is 0 Å². The predicted octanol–water partition coefficient (Wildman–Crippen LogP) is 3.36. The van der Waals surface area contributed by atoms with E-state index in [4.69, 9.17) is 21.1 Å². The number of carbonyl (C=O) groups is 1. The fraction of sp³-hybridized carbons (Fsp3) is 0.462. The highest BCUT2D eigenvalue weighted by Crippen LogP contribution is 2.42. The highest BCUT2D eigenvalue weighted by molar-refractivity contribution is 6.31. The van der Waals surface area contributed by atoms with Crippen molar-refractivity contribution in [3.8, 4) is 11.5 Å². The van der Waals surface area contributed by atoms with E-state index in [9.17, 15) is 4.79 Å². The Bertz CT molecular complexity index is 416. The zero-order valence-corrected chi connectivity index (χ0v) is 11.3. The molecule has 1 aromatic rings. The molecule has 17 heavy (non-hydrogen) atoms. The first-order valence-corrected chi connectivity index (χ1v) is 5.79. The second-order valence-corrected chi connectivity index (χ2v) is 4.34. The summed E-state index contributed by atoms with van der Waals surface area (Å²) in [6, 6.07) is 1.73. The normalized spacial score (nSPS) is 12.1. The minimum Gasteiger partial charge on any atom is -0.493 e. The van der Waals surface area contributed by atoms with Crippen LogP contribution in [0.15, 0.2) is 6.07 Å². The summed E-state index contributed by atoms with van der Waals surface area (Å²) >= 11 is 6.15. The maximum Gasteiger partial charge on any atom is 0.164 e. The molecular formula is C13H17ClO3. The van der Waals surface area contributed by atoms with Crippen LogP contribution in [0.3, 0.4) is 0 Å². The molecule has 0 radical (unpaired) electrons. The van der Waals surface area contributed by atoms with E-state index >= 15 is 0 Å². The van der Waals surface area contributed by atoms with Crippen LogP contribution < -0.4 is 9.47 Å². The van der Waals surface area contributed by atoms with Crippen LogP contribution in [0.1, 0.15) is 30.4 Å². The molecule has 0 aliphatic heterocycles. The van der Waals surface area contributed by atoms with Gasteiger partial charge < -0.3 is 14.3 Å². The quantitative estimate of drug-likeness (QED) is 0.758. The van der Waals surface area contributed by atoms with Crippen LogP contribution in [0.25, 0.3) is 0 Å². The number of ether oxygens (including phenoxy) is 2. The van der Waals surface area contributed by atoms with Crippen LogP contribution in [-0.4, -0.2) is 20.5 Å². The average molecular weight is 257 g/mol. The van der Waals surface area contributed by atoms with E-state index in [1.54, 1.807) is 20.3 Å². The summed E-state index contributed by atoms with van der Waals surface area (Å²) in [7, 11) is 3.15. The molecule has 0 heterocycles. The fourth-order valence-corrected chi connectivity index (χ4v) is 2.14. The number of carbonyl (C=O) groups excluding carboxylic acids is 1. The zero-order valence-electron chi connectivity index (χ0n) is 10.5. The Hall–Kier alpha value is -1.22. The first-order chi connectivity index (χ1) is 8.06. The number of methoxy groups -OCH3 is 2. The molecule has 94 valence electrons. The fourth-order valence-electron chi connectivity index (χ4n) is 1.94. The van der Waals surface area contributed by atoms with Gasteiger partial charge in [-0.3, -0.25) is 0 Å². The molecular weight excluding hydrogens is 240 g/mol. The Balaban J connectivity index is 3.42. The van der Waals surface area contributed by atoms with Gasteiger partial charge in [-0.1, -0.05) is 18.5 Å². The topological polar surface area (TPSA) is 35.5 Å². The molecule has 1 rings (SSSR count). The summed E-state index contributed by atoms with van der Waals surface area (Å²) in [5, 5.41) is 0.621. The molecule has 0 amide bonds. The van der Waals surface area contributed by atoms with Crippen molar-refractivity contribution in [2.75, 3.05) is 14.2 Å². The lowest BCUT2D eigenvalue weighted by Crippen LogP contribution is -2.04. The number of rotatable bonds is 5. The average Bonchev–Trinajstić information content (AvgIpc) is 2.31. The van der Waals surface area contributed by atoms with Gasteiger partial charge in [-0.25, -0.2) is 0 Å². The first kappa shape index (κ1) is 13.8. The number of aldehydes is 1. The second kappa shape index (κ2) is 5.92. The van der Waals surface area contributed by atoms with Gasteiger partial charge in [0.1, 0.15) is 6.29 Å². The van der Waals surface area contributed by atoms with Crippen LogP contribution in [-0.2, 0) is 4.79 Å². The standard InChI is InChI=1S/C13H17ClO3/c1-8(5-6-15)12-9(2)10(14)7-11(16-3)13(12)17-4/h6-8H,5H2,1-4H3. The Labute approximate surface area is 107 Å². The Morgan fingerprint density at radius 1 is 1.41 bits per heavy atom. The lowest BCUT2D eigenvalue weighted by Gasteiger charge is -2.20. The highest BCUT2D eigenvalue weighted by atomic mass is 35.5. The van der Waals surface area contributed by atoms with Crippen LogP contribution in [0, 0.1) is 6.92 Å². The first-order valence-electron chi connectivity index (χ1n) is 5.41. The number of halogens is 1. The van der Waals surface area contributed by atoms with Gasteiger partial charge in [0.2, 0.25) is 0 Å². The zero-order chi connectivity index (χ0) is 13.0. The third-order valence-electron chi connectivity index (χ3n) is 2.86. The van der Waals surface area contributed by atoms with Crippen LogP contribution >= 0.6 is 11.6 Å². The van der Waals surface area contributed by atoms with Crippen molar-refractivity contribution in [2.45, 2.75) is 26.2 Å². The molecule has 4 heteroatoms. The summed E-state index contributed by atoms with van der Waals surface area (Å²) in [5.41, 5.74) is 1.86. The van der Waals surface area contributed by atoms with Crippen LogP contribution in [0.5, 0.6) is 11.5 Å². The molecule has 0 aliphatic carbocycles. The molecule has 1 atom stereocenters. The molecule has 0 spiro atoms. The largest absolute Gasteiger partial charge is 0.493 e. The molecule has 0 fully saturated rings. The lowest BCUT2D eigenvalue weighted by atomic mass is 9.92. The number of benzene rings is 1. The lowest BCUT2D eigenvalue weighted by molar-refractivity contribution is -0.108. The summed E-state index contributed by atoms with van der Waals surface area (Å²) < 4.78 is 10.6. The van der Waals surface area contributed by atoms with Crippen molar-refractivity contribution < 1.29 is 14.3 Å². The van der Waals surface area contributed by atoms with E-state index in [-0.39, 0.29) is 5.92 Å². The van der Waals surface area contributed by atoms with Crippen molar-refractivity contribution >= 4 is 17.9 Å². The smallest absolute Gasteiger partial charge is 0.164 e. The summed E-state index contributed by atoms with van der Waals surface area (Å²) in [6.45, 7) is 3.88. The van der Waals surface area contributed by atoms with Crippen molar-refractivity contribution in [1.82, 2.24) is 0 Å². The highest BCUT2D eigenvalue weighted by Gasteiger charge is 2.20. The number of hydrogen-bond donors (Lipinski definition) is 0. The van der Waals surface area contributed by atoms with Gasteiger partial charge >= 0.3 is 0 Å². The molecule has 0 aromatic heterocycles. The molecule has 0 saturated carbocycles. The predicted molar refractivity (Wildman–Crippen MR) is 68.4 cm³/mol. The summed E-state index contributed by atoms with van der Waals surface area (Å²) in [4.78, 5) is 10.6. The van der Waals surface area contributed by atoms with Crippen LogP contribution in [0.2, 0.25) is 5.02 Å². The van der Waals surface area contributed by atoms with E-state index in [1.165, 1.54) is 0 Å². The van der Waals surface area contributed by atoms with Gasteiger partial charge in [-0.15, -0.1) is 0 Å². The molecule has 3 nitrogen and oxygen atoms in total. The van der Waals surface area contributed by atoms with Gasteiger partial charge in [0.05, 0.1) is 14.2 Å².